The lowest BCUT2D eigenvalue weighted by molar-refractivity contribution is 0.494. The average molecular weight is 317 g/mol. The fourth-order valence-corrected chi connectivity index (χ4v) is 4.37. The molecule has 2 aliphatic rings. The summed E-state index contributed by atoms with van der Waals surface area (Å²) in [6, 6.07) is 1.80. The van der Waals surface area contributed by atoms with Gasteiger partial charge in [-0.3, -0.25) is 0 Å². The Morgan fingerprint density at radius 3 is 2.55 bits per heavy atom. The van der Waals surface area contributed by atoms with Crippen molar-refractivity contribution >= 4 is 27.3 Å². The lowest BCUT2D eigenvalue weighted by atomic mass is 10.0. The molecule has 1 aromatic rings. The smallest absolute Gasteiger partial charge is 0.178 e. The number of fused-ring (bicyclic) bond motifs is 1. The fraction of sp³-hybridized carbons (Fsp3) is 0.667. The molecule has 8 heteroatoms. The highest BCUT2D eigenvalue weighted by Crippen LogP contribution is 2.35. The van der Waals surface area contributed by atoms with Gasteiger partial charge in [-0.1, -0.05) is 11.6 Å². The second-order valence-electron chi connectivity index (χ2n) is 5.65. The van der Waals surface area contributed by atoms with E-state index < -0.39 is 9.84 Å². The van der Waals surface area contributed by atoms with E-state index in [-0.39, 0.29) is 10.0 Å². The third kappa shape index (κ3) is 2.75. The van der Waals surface area contributed by atoms with Gasteiger partial charge in [-0.05, 0) is 37.8 Å². The van der Waals surface area contributed by atoms with Gasteiger partial charge in [-0.15, -0.1) is 10.2 Å². The Bertz CT molecular complexity index is 610. The number of rotatable bonds is 3. The van der Waals surface area contributed by atoms with Gasteiger partial charge in [0.15, 0.2) is 15.0 Å². The lowest BCUT2D eigenvalue weighted by Crippen LogP contribution is -2.21. The molecule has 2 N–H and O–H groups in total. The number of sulfone groups is 1. The summed E-state index contributed by atoms with van der Waals surface area (Å²) in [5.41, 5.74) is 0. The molecule has 2 heterocycles. The summed E-state index contributed by atoms with van der Waals surface area (Å²) in [5, 5.41) is 14.3. The van der Waals surface area contributed by atoms with E-state index in [4.69, 9.17) is 11.6 Å². The van der Waals surface area contributed by atoms with E-state index in [0.29, 0.717) is 23.7 Å². The average Bonchev–Trinajstić information content (AvgIpc) is 2.90. The first-order valence-electron chi connectivity index (χ1n) is 6.64. The molecule has 0 spiro atoms. The molecule has 1 aromatic heterocycles. The summed E-state index contributed by atoms with van der Waals surface area (Å²) in [6.07, 6.45) is 3.28. The molecule has 110 valence electrons. The second-order valence-corrected chi connectivity index (χ2v) is 7.99. The molecule has 0 radical (unpaired) electrons. The number of anilines is 1. The number of halogens is 1. The molecule has 20 heavy (non-hydrogen) atoms. The van der Waals surface area contributed by atoms with E-state index in [1.165, 1.54) is 6.07 Å². The van der Waals surface area contributed by atoms with Crippen LogP contribution in [0.2, 0.25) is 5.15 Å². The Morgan fingerprint density at radius 2 is 1.95 bits per heavy atom. The van der Waals surface area contributed by atoms with E-state index in [2.05, 4.69) is 20.8 Å². The Morgan fingerprint density at radius 1 is 1.30 bits per heavy atom. The first-order chi connectivity index (χ1) is 9.43. The molecule has 6 nitrogen and oxygen atoms in total. The minimum Gasteiger partial charge on any atom is -0.366 e. The van der Waals surface area contributed by atoms with Crippen molar-refractivity contribution in [3.8, 4) is 0 Å². The van der Waals surface area contributed by atoms with Crippen LogP contribution in [0.4, 0.5) is 5.82 Å². The summed E-state index contributed by atoms with van der Waals surface area (Å²) in [4.78, 5) is 0.0246. The van der Waals surface area contributed by atoms with Gasteiger partial charge in [0.05, 0.1) is 0 Å². The van der Waals surface area contributed by atoms with Crippen LogP contribution in [-0.2, 0) is 9.84 Å². The van der Waals surface area contributed by atoms with Crippen molar-refractivity contribution in [2.75, 3.05) is 24.7 Å². The van der Waals surface area contributed by atoms with Crippen molar-refractivity contribution in [1.29, 1.82) is 0 Å². The van der Waals surface area contributed by atoms with Crippen LogP contribution < -0.4 is 10.6 Å². The zero-order valence-electron chi connectivity index (χ0n) is 11.1. The van der Waals surface area contributed by atoms with Gasteiger partial charge >= 0.3 is 0 Å². The van der Waals surface area contributed by atoms with Crippen LogP contribution in [0.15, 0.2) is 11.0 Å². The number of hydrogen-bond donors (Lipinski definition) is 2. The van der Waals surface area contributed by atoms with Gasteiger partial charge in [0, 0.05) is 18.4 Å². The van der Waals surface area contributed by atoms with Crippen LogP contribution in [0.1, 0.15) is 12.8 Å². The Balaban J connectivity index is 1.75. The number of hydrogen-bond acceptors (Lipinski definition) is 6. The molecule has 3 rings (SSSR count). The molecular formula is C12H17ClN4O2S. The quantitative estimate of drug-likeness (QED) is 0.863. The Kier molecular flexibility index (Phi) is 3.60. The number of nitrogens with one attached hydrogen (secondary N) is 2. The molecule has 1 saturated heterocycles. The molecule has 1 aliphatic carbocycles. The van der Waals surface area contributed by atoms with Gasteiger partial charge in [0.2, 0.25) is 0 Å². The van der Waals surface area contributed by atoms with Crippen LogP contribution in [0.3, 0.4) is 0 Å². The maximum atomic E-state index is 11.6. The van der Waals surface area contributed by atoms with Crippen LogP contribution >= 0.6 is 11.6 Å². The van der Waals surface area contributed by atoms with Gasteiger partial charge in [0.1, 0.15) is 10.7 Å². The van der Waals surface area contributed by atoms with Crippen LogP contribution in [0.5, 0.6) is 0 Å². The van der Waals surface area contributed by atoms with Gasteiger partial charge < -0.3 is 10.6 Å². The summed E-state index contributed by atoms with van der Waals surface area (Å²) in [5.74, 6) is 1.90. The molecule has 0 unspecified atom stereocenters. The molecule has 0 amide bonds. The highest BCUT2D eigenvalue weighted by molar-refractivity contribution is 7.90. The van der Waals surface area contributed by atoms with Crippen molar-refractivity contribution in [2.45, 2.75) is 23.8 Å². The van der Waals surface area contributed by atoms with Crippen molar-refractivity contribution in [3.63, 3.8) is 0 Å². The SMILES string of the molecule is CS(=O)(=O)c1cc(N[C@@H]2C[C@H]3CNC[C@H]3C2)nnc1Cl. The van der Waals surface area contributed by atoms with Crippen LogP contribution in [-0.4, -0.2) is 44.0 Å². The van der Waals surface area contributed by atoms with E-state index in [9.17, 15) is 8.42 Å². The van der Waals surface area contributed by atoms with Crippen molar-refractivity contribution in [1.82, 2.24) is 15.5 Å². The third-order valence-electron chi connectivity index (χ3n) is 4.12. The molecule has 3 atom stereocenters. The monoisotopic (exact) mass is 316 g/mol. The second kappa shape index (κ2) is 5.13. The molecule has 1 aliphatic heterocycles. The summed E-state index contributed by atoms with van der Waals surface area (Å²) >= 11 is 5.79. The predicted octanol–water partition coefficient (Wildman–Crippen LogP) is 0.943. The highest BCUT2D eigenvalue weighted by atomic mass is 35.5. The van der Waals surface area contributed by atoms with Crippen LogP contribution in [0.25, 0.3) is 0 Å². The molecule has 0 aromatic carbocycles. The normalized spacial score (nSPS) is 29.4. The molecule has 1 saturated carbocycles. The zero-order chi connectivity index (χ0) is 14.3. The Hall–Kier alpha value is -0.920. The zero-order valence-corrected chi connectivity index (χ0v) is 12.7. The standard InChI is InChI=1S/C12H17ClN4O2S/c1-20(18,19)10-4-11(16-17-12(10)13)15-9-2-7-5-14-6-8(7)3-9/h4,7-9,14H,2-3,5-6H2,1H3,(H,15,16)/t7-,8+,9+. The molecule has 0 bridgehead atoms. The largest absolute Gasteiger partial charge is 0.366 e. The van der Waals surface area contributed by atoms with Crippen molar-refractivity contribution in [2.24, 2.45) is 11.8 Å². The summed E-state index contributed by atoms with van der Waals surface area (Å²) in [6.45, 7) is 2.15. The number of aromatic nitrogens is 2. The fourth-order valence-electron chi connectivity index (χ4n) is 3.18. The predicted molar refractivity (Wildman–Crippen MR) is 76.6 cm³/mol. The summed E-state index contributed by atoms with van der Waals surface area (Å²) in [7, 11) is -3.39. The number of nitrogens with zero attached hydrogens (tertiary/aromatic N) is 2. The lowest BCUT2D eigenvalue weighted by Gasteiger charge is -2.14. The van der Waals surface area contributed by atoms with E-state index in [0.717, 1.165) is 32.2 Å². The van der Waals surface area contributed by atoms with Gasteiger partial charge in [-0.25, -0.2) is 8.42 Å². The van der Waals surface area contributed by atoms with Gasteiger partial charge in [-0.2, -0.15) is 0 Å². The minimum atomic E-state index is -3.39. The van der Waals surface area contributed by atoms with E-state index >= 15 is 0 Å². The molecular weight excluding hydrogens is 300 g/mol. The van der Waals surface area contributed by atoms with Gasteiger partial charge in [0.25, 0.3) is 0 Å². The first kappa shape index (κ1) is 14.0. The van der Waals surface area contributed by atoms with Crippen LogP contribution in [0, 0.1) is 11.8 Å². The Labute approximate surface area is 123 Å². The minimum absolute atomic E-state index is 0.0246. The summed E-state index contributed by atoms with van der Waals surface area (Å²) < 4.78 is 23.2. The topological polar surface area (TPSA) is 84.0 Å². The van der Waals surface area contributed by atoms with E-state index in [1.807, 2.05) is 0 Å². The third-order valence-corrected chi connectivity index (χ3v) is 5.62. The maximum Gasteiger partial charge on any atom is 0.178 e. The van der Waals surface area contributed by atoms with Crippen molar-refractivity contribution in [3.05, 3.63) is 11.2 Å². The van der Waals surface area contributed by atoms with E-state index in [1.54, 1.807) is 0 Å². The maximum absolute atomic E-state index is 11.6. The highest BCUT2D eigenvalue weighted by Gasteiger charge is 2.37. The van der Waals surface area contributed by atoms with Crippen molar-refractivity contribution < 1.29 is 8.42 Å². The molecule has 2 fully saturated rings. The first-order valence-corrected chi connectivity index (χ1v) is 8.91.